The van der Waals surface area contributed by atoms with Crippen LogP contribution in [-0.4, -0.2) is 0 Å². The van der Waals surface area contributed by atoms with Crippen molar-refractivity contribution in [2.24, 2.45) is 0 Å². The first-order chi connectivity index (χ1) is 14.3. The molecule has 4 aromatic rings. The third-order valence-corrected chi connectivity index (χ3v) is 5.48. The molecule has 4 aromatic carbocycles. The summed E-state index contributed by atoms with van der Waals surface area (Å²) in [4.78, 5) is 0. The average molecular weight is 377 g/mol. The van der Waals surface area contributed by atoms with Crippen LogP contribution in [0, 0.1) is 0 Å². The van der Waals surface area contributed by atoms with Crippen molar-refractivity contribution in [2.75, 3.05) is 0 Å². The molecule has 0 unspecified atom stereocenters. The molecular formula is C29H28. The van der Waals surface area contributed by atoms with Gasteiger partial charge in [0.15, 0.2) is 0 Å². The van der Waals surface area contributed by atoms with Gasteiger partial charge in [0.1, 0.15) is 0 Å². The van der Waals surface area contributed by atoms with Gasteiger partial charge in [-0.25, -0.2) is 0 Å². The van der Waals surface area contributed by atoms with Crippen LogP contribution >= 0.6 is 0 Å². The highest BCUT2D eigenvalue weighted by Gasteiger charge is 2.00. The molecule has 0 aliphatic heterocycles. The first-order valence-corrected chi connectivity index (χ1v) is 10.6. The summed E-state index contributed by atoms with van der Waals surface area (Å²) in [5.74, 6) is 0. The van der Waals surface area contributed by atoms with Gasteiger partial charge in [-0.2, -0.15) is 0 Å². The summed E-state index contributed by atoms with van der Waals surface area (Å²) in [5.41, 5.74) is 8.37. The monoisotopic (exact) mass is 376 g/mol. The van der Waals surface area contributed by atoms with Gasteiger partial charge in [-0.15, -0.1) is 0 Å². The van der Waals surface area contributed by atoms with E-state index < -0.39 is 0 Å². The summed E-state index contributed by atoms with van der Waals surface area (Å²) >= 11 is 0. The topological polar surface area (TPSA) is 0 Å². The van der Waals surface area contributed by atoms with Crippen LogP contribution in [-0.2, 0) is 25.7 Å². The zero-order valence-corrected chi connectivity index (χ0v) is 16.9. The summed E-state index contributed by atoms with van der Waals surface area (Å²) in [6.45, 7) is 0. The van der Waals surface area contributed by atoms with Gasteiger partial charge in [0.2, 0.25) is 0 Å². The molecule has 0 saturated heterocycles. The van der Waals surface area contributed by atoms with Crippen molar-refractivity contribution in [3.8, 4) is 0 Å². The van der Waals surface area contributed by atoms with Crippen LogP contribution in [0.1, 0.15) is 39.8 Å². The van der Waals surface area contributed by atoms with E-state index in [9.17, 15) is 0 Å². The quantitative estimate of drug-likeness (QED) is 0.309. The predicted molar refractivity (Wildman–Crippen MR) is 123 cm³/mol. The molecule has 0 spiro atoms. The van der Waals surface area contributed by atoms with E-state index in [1.165, 1.54) is 39.8 Å². The largest absolute Gasteiger partial charge is 0.0622 e. The number of hydrogen-bond acceptors (Lipinski definition) is 0. The van der Waals surface area contributed by atoms with E-state index in [0.29, 0.717) is 0 Å². The molecule has 0 bridgehead atoms. The minimum Gasteiger partial charge on any atom is -0.0622 e. The Labute approximate surface area is 174 Å². The number of aryl methyl sites for hydroxylation is 2. The second-order valence-corrected chi connectivity index (χ2v) is 7.81. The summed E-state index contributed by atoms with van der Waals surface area (Å²) in [6.07, 6.45) is 5.48. The molecule has 0 nitrogen and oxygen atoms in total. The van der Waals surface area contributed by atoms with Crippen LogP contribution < -0.4 is 0 Å². The van der Waals surface area contributed by atoms with E-state index in [4.69, 9.17) is 0 Å². The molecule has 0 aliphatic rings. The summed E-state index contributed by atoms with van der Waals surface area (Å²) < 4.78 is 0. The normalized spacial score (nSPS) is 10.8. The Bertz CT molecular complexity index is 896. The average Bonchev–Trinajstić information content (AvgIpc) is 2.78. The highest BCUT2D eigenvalue weighted by Crippen LogP contribution is 2.15. The highest BCUT2D eigenvalue weighted by atomic mass is 14.1. The summed E-state index contributed by atoms with van der Waals surface area (Å²) in [6, 6.07) is 39.6. The fourth-order valence-corrected chi connectivity index (χ4v) is 3.81. The summed E-state index contributed by atoms with van der Waals surface area (Å²) in [5, 5.41) is 0. The van der Waals surface area contributed by atoms with Crippen LogP contribution in [0.4, 0.5) is 0 Å². The molecule has 0 radical (unpaired) electrons. The van der Waals surface area contributed by atoms with Crippen molar-refractivity contribution in [2.45, 2.75) is 32.1 Å². The molecule has 0 aromatic heterocycles. The van der Waals surface area contributed by atoms with Gasteiger partial charge in [-0.1, -0.05) is 109 Å². The number of rotatable bonds is 8. The van der Waals surface area contributed by atoms with E-state index in [1.54, 1.807) is 0 Å². The van der Waals surface area contributed by atoms with Crippen molar-refractivity contribution in [3.63, 3.8) is 0 Å². The fraction of sp³-hybridized carbons (Fsp3) is 0.172. The van der Waals surface area contributed by atoms with E-state index in [1.807, 2.05) is 0 Å². The van der Waals surface area contributed by atoms with E-state index in [0.717, 1.165) is 25.7 Å². The van der Waals surface area contributed by atoms with Crippen molar-refractivity contribution in [3.05, 3.63) is 143 Å². The Hall–Kier alpha value is -3.12. The van der Waals surface area contributed by atoms with Gasteiger partial charge < -0.3 is 0 Å². The minimum atomic E-state index is 1.01. The second kappa shape index (κ2) is 9.89. The van der Waals surface area contributed by atoms with E-state index in [-0.39, 0.29) is 0 Å². The van der Waals surface area contributed by atoms with Crippen LogP contribution in [0.25, 0.3) is 0 Å². The smallest absolute Gasteiger partial charge is 0.00258 e. The lowest BCUT2D eigenvalue weighted by Crippen LogP contribution is -1.93. The first-order valence-electron chi connectivity index (χ1n) is 10.6. The Morgan fingerprint density at radius 1 is 0.310 bits per heavy atom. The molecule has 29 heavy (non-hydrogen) atoms. The molecule has 0 N–H and O–H groups in total. The van der Waals surface area contributed by atoms with Crippen molar-refractivity contribution in [1.82, 2.24) is 0 Å². The molecule has 0 fully saturated rings. The van der Waals surface area contributed by atoms with Crippen LogP contribution in [0.2, 0.25) is 0 Å². The third-order valence-electron chi connectivity index (χ3n) is 5.48. The van der Waals surface area contributed by atoms with Crippen molar-refractivity contribution >= 4 is 0 Å². The molecular weight excluding hydrogens is 348 g/mol. The van der Waals surface area contributed by atoms with Crippen molar-refractivity contribution in [1.29, 1.82) is 0 Å². The number of hydrogen-bond donors (Lipinski definition) is 0. The summed E-state index contributed by atoms with van der Waals surface area (Å²) in [7, 11) is 0. The SMILES string of the molecule is c1ccc(Cc2ccc(CCCc3ccc(Cc4ccccc4)cc3)cc2)cc1. The molecule has 4 rings (SSSR count). The van der Waals surface area contributed by atoms with Crippen LogP contribution in [0.15, 0.2) is 109 Å². The maximum Gasteiger partial charge on any atom is -0.00258 e. The molecule has 0 heterocycles. The lowest BCUT2D eigenvalue weighted by atomic mass is 9.99. The Kier molecular flexibility index (Phi) is 6.55. The second-order valence-electron chi connectivity index (χ2n) is 7.81. The molecule has 144 valence electrons. The highest BCUT2D eigenvalue weighted by molar-refractivity contribution is 5.30. The van der Waals surface area contributed by atoms with Gasteiger partial charge in [0, 0.05) is 0 Å². The van der Waals surface area contributed by atoms with Gasteiger partial charge >= 0.3 is 0 Å². The molecule has 0 amide bonds. The zero-order chi connectivity index (χ0) is 19.7. The van der Waals surface area contributed by atoms with Crippen LogP contribution in [0.5, 0.6) is 0 Å². The maximum absolute atomic E-state index is 2.29. The van der Waals surface area contributed by atoms with E-state index in [2.05, 4.69) is 109 Å². The Morgan fingerprint density at radius 3 is 1.00 bits per heavy atom. The van der Waals surface area contributed by atoms with Gasteiger partial charge in [0.05, 0.1) is 0 Å². The lowest BCUT2D eigenvalue weighted by molar-refractivity contribution is 0.819. The minimum absolute atomic E-state index is 1.01. The third kappa shape index (κ3) is 5.93. The standard InChI is InChI=1S/C29H28/c1-3-8-26(9-4-1)22-28-18-14-24(15-19-28)12-7-13-25-16-20-29(21-17-25)23-27-10-5-2-6-11-27/h1-6,8-11,14-21H,7,12-13,22-23H2. The lowest BCUT2D eigenvalue weighted by Gasteiger charge is -2.07. The molecule has 0 atom stereocenters. The Morgan fingerprint density at radius 2 is 0.621 bits per heavy atom. The fourth-order valence-electron chi connectivity index (χ4n) is 3.81. The molecule has 0 aliphatic carbocycles. The van der Waals surface area contributed by atoms with Crippen LogP contribution in [0.3, 0.4) is 0 Å². The van der Waals surface area contributed by atoms with Gasteiger partial charge in [-0.3, -0.25) is 0 Å². The zero-order valence-electron chi connectivity index (χ0n) is 16.9. The Balaban J connectivity index is 1.24. The molecule has 0 heteroatoms. The maximum atomic E-state index is 2.29. The molecule has 0 saturated carbocycles. The van der Waals surface area contributed by atoms with Crippen molar-refractivity contribution < 1.29 is 0 Å². The number of benzene rings is 4. The first kappa shape index (κ1) is 19.2. The van der Waals surface area contributed by atoms with E-state index >= 15 is 0 Å². The van der Waals surface area contributed by atoms with Gasteiger partial charge in [-0.05, 0) is 65.5 Å². The predicted octanol–water partition coefficient (Wildman–Crippen LogP) is 7.04. The van der Waals surface area contributed by atoms with Gasteiger partial charge in [0.25, 0.3) is 0 Å².